The summed E-state index contributed by atoms with van der Waals surface area (Å²) in [5, 5.41) is 5.11. The first kappa shape index (κ1) is 16.2. The van der Waals surface area contributed by atoms with Gasteiger partial charge >= 0.3 is 0 Å². The lowest BCUT2D eigenvalue weighted by molar-refractivity contribution is -0.122. The predicted octanol–water partition coefficient (Wildman–Crippen LogP) is 3.47. The van der Waals surface area contributed by atoms with Gasteiger partial charge in [-0.1, -0.05) is 33.8 Å². The van der Waals surface area contributed by atoms with Gasteiger partial charge in [0.05, 0.1) is 6.04 Å². The van der Waals surface area contributed by atoms with Crippen LogP contribution in [0.4, 0.5) is 0 Å². The molecule has 1 aromatic heterocycles. The third-order valence-electron chi connectivity index (χ3n) is 2.95. The van der Waals surface area contributed by atoms with Crippen LogP contribution in [-0.4, -0.2) is 11.9 Å². The van der Waals surface area contributed by atoms with Crippen molar-refractivity contribution in [3.8, 4) is 0 Å². The van der Waals surface area contributed by atoms with Crippen LogP contribution >= 0.6 is 11.3 Å². The van der Waals surface area contributed by atoms with Crippen LogP contribution < -0.4 is 11.1 Å². The number of hydrogen-bond acceptors (Lipinski definition) is 3. The normalized spacial score (nSPS) is 15.0. The summed E-state index contributed by atoms with van der Waals surface area (Å²) in [4.78, 5) is 13.2. The van der Waals surface area contributed by atoms with Gasteiger partial charge in [0, 0.05) is 17.3 Å². The first-order valence-corrected chi connectivity index (χ1v) is 7.78. The quantitative estimate of drug-likeness (QED) is 0.839. The fourth-order valence-electron chi connectivity index (χ4n) is 2.21. The SMILES string of the molecule is CCC(NC(=O)CC(N)CC(C)(C)C)c1cccs1. The second-order valence-corrected chi connectivity index (χ2v) is 7.25. The molecule has 0 bridgehead atoms. The van der Waals surface area contributed by atoms with E-state index in [1.807, 2.05) is 11.4 Å². The van der Waals surface area contributed by atoms with E-state index in [0.29, 0.717) is 6.42 Å². The predicted molar refractivity (Wildman–Crippen MR) is 82.2 cm³/mol. The molecular formula is C15H26N2OS. The van der Waals surface area contributed by atoms with Crippen molar-refractivity contribution in [2.45, 2.75) is 59.0 Å². The highest BCUT2D eigenvalue weighted by Gasteiger charge is 2.20. The molecule has 108 valence electrons. The molecule has 19 heavy (non-hydrogen) atoms. The summed E-state index contributed by atoms with van der Waals surface area (Å²) in [7, 11) is 0. The molecule has 3 nitrogen and oxygen atoms in total. The molecule has 2 unspecified atom stereocenters. The van der Waals surface area contributed by atoms with Crippen molar-refractivity contribution in [2.75, 3.05) is 0 Å². The van der Waals surface area contributed by atoms with E-state index >= 15 is 0 Å². The van der Waals surface area contributed by atoms with Crippen molar-refractivity contribution in [1.29, 1.82) is 0 Å². The number of nitrogens with two attached hydrogens (primary N) is 1. The Labute approximate surface area is 120 Å². The molecule has 1 heterocycles. The summed E-state index contributed by atoms with van der Waals surface area (Å²) < 4.78 is 0. The molecule has 0 aromatic carbocycles. The van der Waals surface area contributed by atoms with E-state index in [2.05, 4.69) is 39.1 Å². The average molecular weight is 282 g/mol. The summed E-state index contributed by atoms with van der Waals surface area (Å²) in [5.74, 6) is 0.0528. The number of nitrogens with one attached hydrogen (secondary N) is 1. The van der Waals surface area contributed by atoms with Crippen molar-refractivity contribution >= 4 is 17.2 Å². The minimum absolute atomic E-state index is 0.0528. The maximum atomic E-state index is 12.0. The van der Waals surface area contributed by atoms with E-state index < -0.39 is 0 Å². The van der Waals surface area contributed by atoms with Crippen LogP contribution in [0.5, 0.6) is 0 Å². The third kappa shape index (κ3) is 6.21. The number of rotatable bonds is 6. The van der Waals surface area contributed by atoms with Crippen LogP contribution in [-0.2, 0) is 4.79 Å². The molecule has 0 fully saturated rings. The first-order chi connectivity index (χ1) is 8.81. The monoisotopic (exact) mass is 282 g/mol. The first-order valence-electron chi connectivity index (χ1n) is 6.90. The molecule has 1 aromatic rings. The summed E-state index contributed by atoms with van der Waals surface area (Å²) in [6, 6.07) is 4.13. The molecule has 1 amide bonds. The molecule has 0 radical (unpaired) electrons. The van der Waals surface area contributed by atoms with Crippen molar-refractivity contribution in [1.82, 2.24) is 5.32 Å². The topological polar surface area (TPSA) is 55.1 Å². The maximum absolute atomic E-state index is 12.0. The van der Waals surface area contributed by atoms with Gasteiger partial charge in [-0.05, 0) is 29.7 Å². The third-order valence-corrected chi connectivity index (χ3v) is 3.94. The van der Waals surface area contributed by atoms with Crippen molar-refractivity contribution in [3.05, 3.63) is 22.4 Å². The van der Waals surface area contributed by atoms with Crippen molar-refractivity contribution < 1.29 is 4.79 Å². The summed E-state index contributed by atoms with van der Waals surface area (Å²) in [6.07, 6.45) is 2.16. The second kappa shape index (κ2) is 7.06. The lowest BCUT2D eigenvalue weighted by Gasteiger charge is -2.23. The molecule has 3 N–H and O–H groups in total. The molecule has 2 atom stereocenters. The van der Waals surface area contributed by atoms with Crippen molar-refractivity contribution in [3.63, 3.8) is 0 Å². The number of carbonyl (C=O) groups is 1. The minimum atomic E-state index is -0.0687. The van der Waals surface area contributed by atoms with Gasteiger partial charge in [-0.2, -0.15) is 0 Å². The number of amides is 1. The van der Waals surface area contributed by atoms with Gasteiger partial charge in [0.2, 0.25) is 5.91 Å². The molecule has 0 aliphatic rings. The van der Waals surface area contributed by atoms with Gasteiger partial charge in [0.15, 0.2) is 0 Å². The molecule has 0 saturated carbocycles. The van der Waals surface area contributed by atoms with E-state index in [9.17, 15) is 4.79 Å². The zero-order valence-corrected chi connectivity index (χ0v) is 13.2. The summed E-state index contributed by atoms with van der Waals surface area (Å²) >= 11 is 1.68. The summed E-state index contributed by atoms with van der Waals surface area (Å²) in [6.45, 7) is 8.52. The van der Waals surface area contributed by atoms with Crippen LogP contribution in [0.1, 0.15) is 57.9 Å². The fourth-order valence-corrected chi connectivity index (χ4v) is 3.08. The Morgan fingerprint density at radius 2 is 2.16 bits per heavy atom. The Balaban J connectivity index is 2.46. The molecular weight excluding hydrogens is 256 g/mol. The standard InChI is InChI=1S/C15H26N2OS/c1-5-12(13-7-6-8-19-13)17-14(18)9-11(16)10-15(2,3)4/h6-8,11-12H,5,9-10,16H2,1-4H3,(H,17,18). The van der Waals surface area contributed by atoms with E-state index in [0.717, 1.165) is 12.8 Å². The van der Waals surface area contributed by atoms with Crippen LogP contribution in [0.15, 0.2) is 17.5 Å². The highest BCUT2D eigenvalue weighted by atomic mass is 32.1. The van der Waals surface area contributed by atoms with Gasteiger partial charge < -0.3 is 11.1 Å². The van der Waals surface area contributed by atoms with Gasteiger partial charge in [0.25, 0.3) is 0 Å². The Hall–Kier alpha value is -0.870. The Bertz CT molecular complexity index is 381. The Morgan fingerprint density at radius 1 is 1.47 bits per heavy atom. The number of thiophene rings is 1. The summed E-state index contributed by atoms with van der Waals surface area (Å²) in [5.41, 5.74) is 6.20. The minimum Gasteiger partial charge on any atom is -0.348 e. The van der Waals surface area contributed by atoms with Gasteiger partial charge in [0.1, 0.15) is 0 Å². The lowest BCUT2D eigenvalue weighted by atomic mass is 9.87. The molecule has 0 aliphatic carbocycles. The Kier molecular flexibility index (Phi) is 6.01. The van der Waals surface area contributed by atoms with Gasteiger partial charge in [-0.3, -0.25) is 4.79 Å². The lowest BCUT2D eigenvalue weighted by Crippen LogP contribution is -2.35. The van der Waals surface area contributed by atoms with Crippen LogP contribution in [0.25, 0.3) is 0 Å². The largest absolute Gasteiger partial charge is 0.348 e. The average Bonchev–Trinajstić information content (AvgIpc) is 2.75. The highest BCUT2D eigenvalue weighted by molar-refractivity contribution is 7.10. The Morgan fingerprint density at radius 3 is 2.63 bits per heavy atom. The van der Waals surface area contributed by atoms with E-state index in [1.54, 1.807) is 11.3 Å². The van der Waals surface area contributed by atoms with Gasteiger partial charge in [-0.25, -0.2) is 0 Å². The van der Waals surface area contributed by atoms with Crippen molar-refractivity contribution in [2.24, 2.45) is 11.1 Å². The smallest absolute Gasteiger partial charge is 0.222 e. The molecule has 1 rings (SSSR count). The molecule has 0 aliphatic heterocycles. The number of hydrogen-bond donors (Lipinski definition) is 2. The molecule has 4 heteroatoms. The zero-order valence-electron chi connectivity index (χ0n) is 12.4. The zero-order chi connectivity index (χ0) is 14.5. The maximum Gasteiger partial charge on any atom is 0.222 e. The highest BCUT2D eigenvalue weighted by Crippen LogP contribution is 2.23. The van der Waals surface area contributed by atoms with E-state index in [1.165, 1.54) is 4.88 Å². The number of carbonyl (C=O) groups excluding carboxylic acids is 1. The van der Waals surface area contributed by atoms with Gasteiger partial charge in [-0.15, -0.1) is 11.3 Å². The molecule has 0 spiro atoms. The van der Waals surface area contributed by atoms with E-state index in [4.69, 9.17) is 5.73 Å². The van der Waals surface area contributed by atoms with E-state index in [-0.39, 0.29) is 23.4 Å². The second-order valence-electron chi connectivity index (χ2n) is 6.27. The van der Waals surface area contributed by atoms with Crippen LogP contribution in [0.2, 0.25) is 0 Å². The fraction of sp³-hybridized carbons (Fsp3) is 0.667. The van der Waals surface area contributed by atoms with Crippen LogP contribution in [0, 0.1) is 5.41 Å². The molecule has 0 saturated heterocycles. The van der Waals surface area contributed by atoms with Crippen LogP contribution in [0.3, 0.4) is 0 Å².